The molecule has 0 aliphatic carbocycles. The van der Waals surface area contributed by atoms with E-state index in [9.17, 15) is 18.0 Å². The molecular formula is C17H17F3N2O3. The zero-order valence-electron chi connectivity index (χ0n) is 13.6. The van der Waals surface area contributed by atoms with E-state index < -0.39 is 17.6 Å². The third kappa shape index (κ3) is 5.03. The summed E-state index contributed by atoms with van der Waals surface area (Å²) in [7, 11) is 3.02. The molecule has 0 bridgehead atoms. The number of amides is 1. The Kier molecular flexibility index (Phi) is 5.74. The van der Waals surface area contributed by atoms with Crippen LogP contribution in [-0.2, 0) is 11.0 Å². The van der Waals surface area contributed by atoms with Gasteiger partial charge in [-0.2, -0.15) is 13.2 Å². The van der Waals surface area contributed by atoms with Crippen molar-refractivity contribution in [1.82, 2.24) is 0 Å². The molecule has 25 heavy (non-hydrogen) atoms. The van der Waals surface area contributed by atoms with Crippen molar-refractivity contribution in [3.05, 3.63) is 48.0 Å². The van der Waals surface area contributed by atoms with Gasteiger partial charge in [-0.3, -0.25) is 4.79 Å². The fourth-order valence-corrected chi connectivity index (χ4v) is 2.07. The number of nitrogens with one attached hydrogen (secondary N) is 2. The van der Waals surface area contributed by atoms with Crippen LogP contribution < -0.4 is 20.1 Å². The van der Waals surface area contributed by atoms with E-state index in [0.29, 0.717) is 17.2 Å². The Morgan fingerprint density at radius 1 is 1.04 bits per heavy atom. The number of ether oxygens (including phenoxy) is 2. The number of rotatable bonds is 6. The molecule has 2 aromatic carbocycles. The molecule has 134 valence electrons. The molecule has 1 amide bonds. The maximum atomic E-state index is 12.5. The number of halogens is 3. The maximum absolute atomic E-state index is 12.5. The second kappa shape index (κ2) is 7.78. The molecule has 5 nitrogen and oxygen atoms in total. The summed E-state index contributed by atoms with van der Waals surface area (Å²) >= 11 is 0. The fourth-order valence-electron chi connectivity index (χ4n) is 2.07. The zero-order valence-corrected chi connectivity index (χ0v) is 13.6. The lowest BCUT2D eigenvalue weighted by atomic mass is 10.2. The standard InChI is InChI=1S/C17H17F3N2O3/c1-24-13-7-8-14(15(9-13)25-2)21-10-16(23)22-12-5-3-11(4-6-12)17(18,19)20/h3-9,21H,10H2,1-2H3,(H,22,23). The summed E-state index contributed by atoms with van der Waals surface area (Å²) in [4.78, 5) is 11.9. The molecule has 0 aliphatic heterocycles. The van der Waals surface area contributed by atoms with Gasteiger partial charge < -0.3 is 20.1 Å². The molecule has 2 aromatic rings. The van der Waals surface area contributed by atoms with Crippen LogP contribution in [0.2, 0.25) is 0 Å². The van der Waals surface area contributed by atoms with Gasteiger partial charge in [0.05, 0.1) is 32.0 Å². The van der Waals surface area contributed by atoms with Crippen LogP contribution in [0.1, 0.15) is 5.56 Å². The smallest absolute Gasteiger partial charge is 0.416 e. The van der Waals surface area contributed by atoms with Gasteiger partial charge in [0.15, 0.2) is 0 Å². The van der Waals surface area contributed by atoms with Gasteiger partial charge in [-0.15, -0.1) is 0 Å². The molecule has 0 saturated heterocycles. The van der Waals surface area contributed by atoms with Crippen molar-refractivity contribution in [2.45, 2.75) is 6.18 Å². The lowest BCUT2D eigenvalue weighted by Crippen LogP contribution is -2.22. The molecule has 0 radical (unpaired) electrons. The predicted molar refractivity (Wildman–Crippen MR) is 88.1 cm³/mol. The van der Waals surface area contributed by atoms with E-state index in [0.717, 1.165) is 12.1 Å². The van der Waals surface area contributed by atoms with E-state index in [1.54, 1.807) is 18.2 Å². The molecular weight excluding hydrogens is 337 g/mol. The van der Waals surface area contributed by atoms with Crippen molar-refractivity contribution < 1.29 is 27.4 Å². The van der Waals surface area contributed by atoms with Crippen LogP contribution in [0, 0.1) is 0 Å². The molecule has 0 aromatic heterocycles. The highest BCUT2D eigenvalue weighted by molar-refractivity contribution is 5.94. The van der Waals surface area contributed by atoms with Gasteiger partial charge in [-0.25, -0.2) is 0 Å². The molecule has 0 fully saturated rings. The molecule has 8 heteroatoms. The van der Waals surface area contributed by atoms with Gasteiger partial charge in [0.2, 0.25) is 5.91 Å². The molecule has 0 unspecified atom stereocenters. The van der Waals surface area contributed by atoms with Crippen molar-refractivity contribution in [3.8, 4) is 11.5 Å². The Morgan fingerprint density at radius 2 is 1.72 bits per heavy atom. The average molecular weight is 354 g/mol. The van der Waals surface area contributed by atoms with Gasteiger partial charge in [0.1, 0.15) is 11.5 Å². The topological polar surface area (TPSA) is 59.6 Å². The van der Waals surface area contributed by atoms with E-state index in [1.807, 2.05) is 0 Å². The van der Waals surface area contributed by atoms with Crippen LogP contribution in [-0.4, -0.2) is 26.7 Å². The molecule has 2 N–H and O–H groups in total. The number of benzene rings is 2. The molecule has 0 spiro atoms. The maximum Gasteiger partial charge on any atom is 0.416 e. The van der Waals surface area contributed by atoms with Crippen LogP contribution in [0.15, 0.2) is 42.5 Å². The van der Waals surface area contributed by atoms with E-state index in [2.05, 4.69) is 10.6 Å². The lowest BCUT2D eigenvalue weighted by molar-refractivity contribution is -0.137. The fraction of sp³-hybridized carbons (Fsp3) is 0.235. The summed E-state index contributed by atoms with van der Waals surface area (Å²) in [5.74, 6) is 0.705. The Labute approximate surface area is 142 Å². The summed E-state index contributed by atoms with van der Waals surface area (Å²) in [6.45, 7) is -0.0797. The predicted octanol–water partition coefficient (Wildman–Crippen LogP) is 3.77. The number of hydrogen-bond donors (Lipinski definition) is 2. The lowest BCUT2D eigenvalue weighted by Gasteiger charge is -2.13. The SMILES string of the molecule is COc1ccc(NCC(=O)Nc2ccc(C(F)(F)F)cc2)c(OC)c1. The summed E-state index contributed by atoms with van der Waals surface area (Å²) < 4.78 is 47.8. The minimum Gasteiger partial charge on any atom is -0.497 e. The van der Waals surface area contributed by atoms with Gasteiger partial charge >= 0.3 is 6.18 Å². The number of alkyl halides is 3. The average Bonchev–Trinajstić information content (AvgIpc) is 2.59. The van der Waals surface area contributed by atoms with Crippen molar-refractivity contribution >= 4 is 17.3 Å². The van der Waals surface area contributed by atoms with Gasteiger partial charge in [-0.1, -0.05) is 0 Å². The quantitative estimate of drug-likeness (QED) is 0.829. The Morgan fingerprint density at radius 3 is 2.28 bits per heavy atom. The first-order chi connectivity index (χ1) is 11.8. The summed E-state index contributed by atoms with van der Waals surface area (Å²) in [5.41, 5.74) is 0.0963. The van der Waals surface area contributed by atoms with Crippen molar-refractivity contribution in [2.24, 2.45) is 0 Å². The third-order valence-electron chi connectivity index (χ3n) is 3.34. The minimum atomic E-state index is -4.41. The zero-order chi connectivity index (χ0) is 18.4. The highest BCUT2D eigenvalue weighted by Crippen LogP contribution is 2.30. The van der Waals surface area contributed by atoms with Crippen molar-refractivity contribution in [2.75, 3.05) is 31.4 Å². The van der Waals surface area contributed by atoms with Crippen molar-refractivity contribution in [1.29, 1.82) is 0 Å². The van der Waals surface area contributed by atoms with Gasteiger partial charge in [-0.05, 0) is 36.4 Å². The third-order valence-corrected chi connectivity index (χ3v) is 3.34. The molecule has 0 aliphatic rings. The number of carbonyl (C=O) groups excluding carboxylic acids is 1. The van der Waals surface area contributed by atoms with Gasteiger partial charge in [0, 0.05) is 11.8 Å². The van der Waals surface area contributed by atoms with Crippen LogP contribution in [0.3, 0.4) is 0 Å². The Balaban J connectivity index is 1.95. The van der Waals surface area contributed by atoms with E-state index in [4.69, 9.17) is 9.47 Å². The Bertz CT molecular complexity index is 731. The monoisotopic (exact) mass is 354 g/mol. The largest absolute Gasteiger partial charge is 0.497 e. The first-order valence-corrected chi connectivity index (χ1v) is 7.26. The van der Waals surface area contributed by atoms with E-state index >= 15 is 0 Å². The highest BCUT2D eigenvalue weighted by Gasteiger charge is 2.29. The van der Waals surface area contributed by atoms with Crippen LogP contribution in [0.25, 0.3) is 0 Å². The minimum absolute atomic E-state index is 0.0797. The second-order valence-corrected chi connectivity index (χ2v) is 5.04. The van der Waals surface area contributed by atoms with Crippen LogP contribution in [0.5, 0.6) is 11.5 Å². The molecule has 2 rings (SSSR count). The number of hydrogen-bond acceptors (Lipinski definition) is 4. The molecule has 0 heterocycles. The number of carbonyl (C=O) groups is 1. The van der Waals surface area contributed by atoms with E-state index in [1.165, 1.54) is 26.4 Å². The first kappa shape index (κ1) is 18.4. The normalized spacial score (nSPS) is 10.9. The second-order valence-electron chi connectivity index (χ2n) is 5.04. The van der Waals surface area contributed by atoms with Crippen LogP contribution >= 0.6 is 0 Å². The molecule has 0 atom stereocenters. The van der Waals surface area contributed by atoms with Crippen molar-refractivity contribution in [3.63, 3.8) is 0 Å². The highest BCUT2D eigenvalue weighted by atomic mass is 19.4. The first-order valence-electron chi connectivity index (χ1n) is 7.26. The summed E-state index contributed by atoms with van der Waals surface area (Å²) in [6.07, 6.45) is -4.41. The number of anilines is 2. The summed E-state index contributed by atoms with van der Waals surface area (Å²) in [6, 6.07) is 9.30. The number of methoxy groups -OCH3 is 2. The van der Waals surface area contributed by atoms with Crippen LogP contribution in [0.4, 0.5) is 24.5 Å². The Hall–Kier alpha value is -2.90. The van der Waals surface area contributed by atoms with Gasteiger partial charge in [0.25, 0.3) is 0 Å². The summed E-state index contributed by atoms with van der Waals surface area (Å²) in [5, 5.41) is 5.42. The van der Waals surface area contributed by atoms with E-state index in [-0.39, 0.29) is 12.2 Å². The molecule has 0 saturated carbocycles.